The van der Waals surface area contributed by atoms with E-state index < -0.39 is 17.4 Å². The molecule has 7 heteroatoms. The van der Waals surface area contributed by atoms with Crippen LogP contribution in [-0.4, -0.2) is 44.3 Å². The number of para-hydroxylation sites is 1. The van der Waals surface area contributed by atoms with Gasteiger partial charge < -0.3 is 24.4 Å². The first-order valence-corrected chi connectivity index (χ1v) is 10.3. The monoisotopic (exact) mass is 420 g/mol. The molecule has 1 spiro atoms. The minimum Gasteiger partial charge on any atom is -0.497 e. The van der Waals surface area contributed by atoms with Gasteiger partial charge in [-0.3, -0.25) is 9.59 Å². The van der Waals surface area contributed by atoms with Crippen LogP contribution in [0.5, 0.6) is 11.5 Å². The number of anilines is 1. The number of benzene rings is 2. The van der Waals surface area contributed by atoms with Crippen molar-refractivity contribution in [2.45, 2.75) is 18.2 Å². The van der Waals surface area contributed by atoms with Gasteiger partial charge in [0.2, 0.25) is 11.8 Å². The summed E-state index contributed by atoms with van der Waals surface area (Å²) < 4.78 is 16.9. The molecule has 2 aromatic rings. The first kappa shape index (κ1) is 19.6. The van der Waals surface area contributed by atoms with Crippen LogP contribution < -0.4 is 19.7 Å². The molecule has 2 amide bonds. The second-order valence-corrected chi connectivity index (χ2v) is 8.06. The smallest absolute Gasteiger partial charge is 0.234 e. The highest BCUT2D eigenvalue weighted by Crippen LogP contribution is 2.52. The van der Waals surface area contributed by atoms with Crippen LogP contribution in [0.15, 0.2) is 60.7 Å². The third kappa shape index (κ3) is 3.08. The first-order chi connectivity index (χ1) is 15.1. The summed E-state index contributed by atoms with van der Waals surface area (Å²) in [6.45, 7) is 0.705. The molecule has 5 rings (SSSR count). The first-order valence-electron chi connectivity index (χ1n) is 10.3. The van der Waals surface area contributed by atoms with E-state index in [0.717, 1.165) is 11.3 Å². The summed E-state index contributed by atoms with van der Waals surface area (Å²) in [4.78, 5) is 28.3. The van der Waals surface area contributed by atoms with Crippen molar-refractivity contribution in [1.29, 1.82) is 0 Å². The molecule has 0 unspecified atom stereocenters. The van der Waals surface area contributed by atoms with Crippen LogP contribution in [0.3, 0.4) is 0 Å². The molecule has 3 heterocycles. The molecule has 0 saturated carbocycles. The lowest BCUT2D eigenvalue weighted by Gasteiger charge is -2.23. The fourth-order valence-corrected chi connectivity index (χ4v) is 4.94. The normalized spacial score (nSPS) is 28.0. The number of carbonyl (C=O) groups is 2. The molecule has 3 aliphatic rings. The zero-order chi connectivity index (χ0) is 21.6. The summed E-state index contributed by atoms with van der Waals surface area (Å²) in [6.07, 6.45) is 3.47. The minimum atomic E-state index is -0.767. The van der Waals surface area contributed by atoms with Crippen molar-refractivity contribution < 1.29 is 23.8 Å². The Morgan fingerprint density at radius 2 is 2.03 bits per heavy atom. The molecule has 2 saturated heterocycles. The van der Waals surface area contributed by atoms with Gasteiger partial charge in [0.1, 0.15) is 17.1 Å². The van der Waals surface area contributed by atoms with Gasteiger partial charge in [-0.2, -0.15) is 0 Å². The Labute approximate surface area is 180 Å². The lowest BCUT2D eigenvalue weighted by Crippen LogP contribution is -2.44. The van der Waals surface area contributed by atoms with Crippen molar-refractivity contribution in [3.63, 3.8) is 0 Å². The molecule has 160 valence electrons. The van der Waals surface area contributed by atoms with Crippen LogP contribution in [0, 0.1) is 11.8 Å². The van der Waals surface area contributed by atoms with Gasteiger partial charge >= 0.3 is 0 Å². The lowest BCUT2D eigenvalue weighted by molar-refractivity contribution is -0.132. The Morgan fingerprint density at radius 1 is 1.19 bits per heavy atom. The van der Waals surface area contributed by atoms with Gasteiger partial charge in [-0.25, -0.2) is 0 Å². The van der Waals surface area contributed by atoms with Gasteiger partial charge in [0.25, 0.3) is 0 Å². The van der Waals surface area contributed by atoms with E-state index in [0.29, 0.717) is 24.6 Å². The number of hydrogen-bond acceptors (Lipinski definition) is 5. The van der Waals surface area contributed by atoms with Gasteiger partial charge in [-0.1, -0.05) is 36.4 Å². The van der Waals surface area contributed by atoms with Crippen LogP contribution in [0.2, 0.25) is 0 Å². The highest BCUT2D eigenvalue weighted by atomic mass is 16.5. The van der Waals surface area contributed by atoms with Crippen LogP contribution in [-0.2, 0) is 20.9 Å². The molecule has 31 heavy (non-hydrogen) atoms. The number of rotatable bonds is 6. The Balaban J connectivity index is 1.37. The average Bonchev–Trinajstić information content (AvgIpc) is 3.46. The molecule has 4 atom stereocenters. The SMILES string of the molecule is COc1cccc(N2C[C@@]34C=C[C@@H](O3)[C@H](C(=O)NCc3ccccc3OC)[C@H]4C2=O)c1. The van der Waals surface area contributed by atoms with Gasteiger partial charge in [0.15, 0.2) is 0 Å². The van der Waals surface area contributed by atoms with E-state index in [1.807, 2.05) is 60.7 Å². The molecule has 0 aliphatic carbocycles. The number of amides is 2. The number of fused-ring (bicyclic) bond motifs is 1. The molecule has 2 fully saturated rings. The van der Waals surface area contributed by atoms with E-state index >= 15 is 0 Å². The summed E-state index contributed by atoms with van der Waals surface area (Å²) >= 11 is 0. The third-order valence-corrected chi connectivity index (χ3v) is 6.41. The quantitative estimate of drug-likeness (QED) is 0.726. The molecule has 1 N–H and O–H groups in total. The van der Waals surface area contributed by atoms with Crippen molar-refractivity contribution in [3.8, 4) is 11.5 Å². The van der Waals surface area contributed by atoms with Gasteiger partial charge in [-0.05, 0) is 18.2 Å². The molecule has 0 radical (unpaired) electrons. The largest absolute Gasteiger partial charge is 0.497 e. The predicted molar refractivity (Wildman–Crippen MR) is 114 cm³/mol. The van der Waals surface area contributed by atoms with Gasteiger partial charge in [-0.15, -0.1) is 0 Å². The highest BCUT2D eigenvalue weighted by Gasteiger charge is 2.67. The number of nitrogens with one attached hydrogen (secondary N) is 1. The Hall–Kier alpha value is -3.32. The minimum absolute atomic E-state index is 0.0995. The van der Waals surface area contributed by atoms with Crippen LogP contribution in [0.1, 0.15) is 5.56 Å². The summed E-state index contributed by atoms with van der Waals surface area (Å²) in [5.74, 6) is -0.0177. The fraction of sp³-hybridized carbons (Fsp3) is 0.333. The topological polar surface area (TPSA) is 77.1 Å². The highest BCUT2D eigenvalue weighted by molar-refractivity contribution is 6.03. The molecule has 3 aliphatic heterocycles. The van der Waals surface area contributed by atoms with Crippen molar-refractivity contribution in [3.05, 3.63) is 66.2 Å². The fourth-order valence-electron chi connectivity index (χ4n) is 4.94. The summed E-state index contributed by atoms with van der Waals surface area (Å²) in [6, 6.07) is 14.9. The maximum absolute atomic E-state index is 13.4. The molecule has 7 nitrogen and oxygen atoms in total. The number of ether oxygens (including phenoxy) is 3. The predicted octanol–water partition coefficient (Wildman–Crippen LogP) is 2.31. The Morgan fingerprint density at radius 3 is 2.84 bits per heavy atom. The maximum atomic E-state index is 13.4. The van der Waals surface area contributed by atoms with Crippen molar-refractivity contribution in [2.24, 2.45) is 11.8 Å². The average molecular weight is 420 g/mol. The Bertz CT molecular complexity index is 1070. The number of carbonyl (C=O) groups excluding carboxylic acids is 2. The van der Waals surface area contributed by atoms with E-state index in [1.165, 1.54) is 0 Å². The lowest BCUT2D eigenvalue weighted by atomic mass is 9.77. The molecule has 2 bridgehead atoms. The standard InChI is InChI=1S/C24H24N2O5/c1-29-17-8-5-7-16(12-17)26-14-24-11-10-19(31-24)20(21(24)23(26)28)22(27)25-13-15-6-3-4-9-18(15)30-2/h3-12,19-21H,13-14H2,1-2H3,(H,25,27)/t19-,20+,21+,24-/m1/s1. The van der Waals surface area contributed by atoms with Crippen LogP contribution in [0.25, 0.3) is 0 Å². The van der Waals surface area contributed by atoms with Crippen LogP contribution in [0.4, 0.5) is 5.69 Å². The second-order valence-electron chi connectivity index (χ2n) is 8.06. The van der Waals surface area contributed by atoms with Gasteiger partial charge in [0, 0.05) is 23.9 Å². The van der Waals surface area contributed by atoms with E-state index in [1.54, 1.807) is 19.1 Å². The third-order valence-electron chi connectivity index (χ3n) is 6.41. The van der Waals surface area contributed by atoms with Crippen LogP contribution >= 0.6 is 0 Å². The summed E-state index contributed by atoms with van der Waals surface area (Å²) in [5, 5.41) is 2.98. The summed E-state index contributed by atoms with van der Waals surface area (Å²) in [7, 11) is 3.19. The number of methoxy groups -OCH3 is 2. The maximum Gasteiger partial charge on any atom is 0.234 e. The molecular formula is C24H24N2O5. The molecule has 2 aromatic carbocycles. The zero-order valence-electron chi connectivity index (χ0n) is 17.4. The van der Waals surface area contributed by atoms with E-state index in [2.05, 4.69) is 5.32 Å². The molecular weight excluding hydrogens is 396 g/mol. The number of nitrogens with zero attached hydrogens (tertiary/aromatic N) is 1. The van der Waals surface area contributed by atoms with E-state index in [9.17, 15) is 9.59 Å². The summed E-state index contributed by atoms with van der Waals surface area (Å²) in [5.41, 5.74) is 0.849. The van der Waals surface area contributed by atoms with Crippen molar-refractivity contribution in [1.82, 2.24) is 5.32 Å². The second kappa shape index (κ2) is 7.42. The van der Waals surface area contributed by atoms with Crippen molar-refractivity contribution >= 4 is 17.5 Å². The van der Waals surface area contributed by atoms with E-state index in [-0.39, 0.29) is 17.9 Å². The number of hydrogen-bond donors (Lipinski definition) is 1. The van der Waals surface area contributed by atoms with E-state index in [4.69, 9.17) is 14.2 Å². The van der Waals surface area contributed by atoms with Gasteiger partial charge in [0.05, 0.1) is 38.7 Å². The molecule has 0 aromatic heterocycles. The van der Waals surface area contributed by atoms with Crippen molar-refractivity contribution in [2.75, 3.05) is 25.7 Å². The zero-order valence-corrected chi connectivity index (χ0v) is 17.4. The Kier molecular flexibility index (Phi) is 4.70.